The minimum absolute atomic E-state index is 0.238. The van der Waals surface area contributed by atoms with E-state index in [1.54, 1.807) is 0 Å². The monoisotopic (exact) mass is 241 g/mol. The molecule has 0 bridgehead atoms. The second-order valence-corrected chi connectivity index (χ2v) is 3.50. The molecule has 6 nitrogen and oxygen atoms in total. The molecule has 0 radical (unpaired) electrons. The van der Waals surface area contributed by atoms with E-state index in [2.05, 4.69) is 4.84 Å². The Bertz CT molecular complexity index is 316. The molecule has 1 rings (SSSR count). The summed E-state index contributed by atoms with van der Waals surface area (Å²) in [5.41, 5.74) is 3.69. The van der Waals surface area contributed by atoms with Crippen LogP contribution in [0, 0.1) is 0 Å². The summed E-state index contributed by atoms with van der Waals surface area (Å²) >= 11 is 0. The first-order valence-electron chi connectivity index (χ1n) is 4.24. The lowest BCUT2D eigenvalue weighted by Gasteiger charge is -2.26. The molecule has 1 fully saturated rings. The molecular formula is C7H10F3N3O3. The van der Waals surface area contributed by atoms with Gasteiger partial charge in [0.05, 0.1) is 0 Å². The lowest BCUT2D eigenvalue weighted by Crippen LogP contribution is -2.63. The summed E-state index contributed by atoms with van der Waals surface area (Å²) in [5.74, 6) is -2.20. The number of carbonyl (C=O) groups is 2. The van der Waals surface area contributed by atoms with E-state index in [4.69, 9.17) is 5.73 Å². The van der Waals surface area contributed by atoms with Crippen molar-refractivity contribution in [3.05, 3.63) is 0 Å². The largest absolute Gasteiger partial charge is 0.415 e. The number of carbonyl (C=O) groups excluding carboxylic acids is 2. The van der Waals surface area contributed by atoms with Crippen LogP contribution in [0.1, 0.15) is 6.92 Å². The number of nitrogens with one attached hydrogen (secondary N) is 2. The second-order valence-electron chi connectivity index (χ2n) is 3.50. The average Bonchev–Trinajstić information content (AvgIpc) is 2.49. The van der Waals surface area contributed by atoms with E-state index in [-0.39, 0.29) is 6.61 Å². The minimum atomic E-state index is -4.90. The summed E-state index contributed by atoms with van der Waals surface area (Å²) in [6, 6.07) is -1.15. The number of amides is 2. The number of alkyl halides is 3. The van der Waals surface area contributed by atoms with Crippen LogP contribution in [0.4, 0.5) is 13.2 Å². The van der Waals surface area contributed by atoms with Crippen molar-refractivity contribution >= 4 is 11.8 Å². The van der Waals surface area contributed by atoms with Gasteiger partial charge in [-0.2, -0.15) is 13.2 Å². The van der Waals surface area contributed by atoms with Gasteiger partial charge in [-0.05, 0) is 6.92 Å². The Morgan fingerprint density at radius 1 is 1.62 bits per heavy atom. The summed E-state index contributed by atoms with van der Waals surface area (Å²) in [7, 11) is 0. The first-order valence-corrected chi connectivity index (χ1v) is 4.24. The van der Waals surface area contributed by atoms with Crippen molar-refractivity contribution in [3.63, 3.8) is 0 Å². The normalized spacial score (nSPS) is 24.8. The van der Waals surface area contributed by atoms with Crippen LogP contribution in [0.3, 0.4) is 0 Å². The fraction of sp³-hybridized carbons (Fsp3) is 0.714. The van der Waals surface area contributed by atoms with Crippen molar-refractivity contribution in [2.45, 2.75) is 24.7 Å². The van der Waals surface area contributed by atoms with E-state index in [0.717, 1.165) is 0 Å². The maximum atomic E-state index is 12.3. The van der Waals surface area contributed by atoms with E-state index in [1.165, 1.54) is 0 Å². The SMILES string of the molecule is CC(N)(C(=O)N[C@@H]1CONC1=O)C(F)(F)F. The maximum Gasteiger partial charge on any atom is 0.415 e. The summed E-state index contributed by atoms with van der Waals surface area (Å²) < 4.78 is 37.0. The average molecular weight is 241 g/mol. The van der Waals surface area contributed by atoms with Crippen LogP contribution in [0.15, 0.2) is 0 Å². The zero-order valence-corrected chi connectivity index (χ0v) is 8.22. The van der Waals surface area contributed by atoms with E-state index in [9.17, 15) is 22.8 Å². The number of halogens is 3. The number of hydroxylamine groups is 1. The Kier molecular flexibility index (Phi) is 3.10. The second kappa shape index (κ2) is 3.91. The fourth-order valence-electron chi connectivity index (χ4n) is 0.887. The van der Waals surface area contributed by atoms with Gasteiger partial charge >= 0.3 is 6.18 Å². The molecule has 0 aromatic carbocycles. The predicted octanol–water partition coefficient (Wildman–Crippen LogP) is -1.19. The quantitative estimate of drug-likeness (QED) is 0.566. The van der Waals surface area contributed by atoms with Crippen LogP contribution in [-0.2, 0) is 14.4 Å². The first-order chi connectivity index (χ1) is 7.16. The van der Waals surface area contributed by atoms with Crippen molar-refractivity contribution in [2.24, 2.45) is 5.73 Å². The van der Waals surface area contributed by atoms with Crippen LogP contribution in [0.25, 0.3) is 0 Å². The number of hydrogen-bond acceptors (Lipinski definition) is 4. The van der Waals surface area contributed by atoms with Crippen molar-refractivity contribution in [1.82, 2.24) is 10.8 Å². The highest BCUT2D eigenvalue weighted by atomic mass is 19.4. The zero-order chi connectivity index (χ0) is 12.6. The van der Waals surface area contributed by atoms with E-state index in [0.29, 0.717) is 6.92 Å². The summed E-state index contributed by atoms with van der Waals surface area (Å²) in [6.45, 7) is 0.286. The van der Waals surface area contributed by atoms with Gasteiger partial charge in [0.1, 0.15) is 12.6 Å². The van der Waals surface area contributed by atoms with Crippen molar-refractivity contribution in [2.75, 3.05) is 6.61 Å². The molecule has 9 heteroatoms. The summed E-state index contributed by atoms with van der Waals surface area (Å²) in [4.78, 5) is 26.6. The third kappa shape index (κ3) is 2.25. The van der Waals surface area contributed by atoms with Gasteiger partial charge in [-0.15, -0.1) is 0 Å². The topological polar surface area (TPSA) is 93.5 Å². The highest BCUT2D eigenvalue weighted by Crippen LogP contribution is 2.28. The summed E-state index contributed by atoms with van der Waals surface area (Å²) in [5, 5.41) is 1.85. The van der Waals surface area contributed by atoms with E-state index in [1.807, 2.05) is 10.8 Å². The van der Waals surface area contributed by atoms with Gasteiger partial charge in [0.15, 0.2) is 5.54 Å². The molecule has 0 saturated carbocycles. The smallest absolute Gasteiger partial charge is 0.340 e. The van der Waals surface area contributed by atoms with Gasteiger partial charge in [-0.3, -0.25) is 14.4 Å². The van der Waals surface area contributed by atoms with Gasteiger partial charge in [0, 0.05) is 0 Å². The van der Waals surface area contributed by atoms with E-state index >= 15 is 0 Å². The fourth-order valence-corrected chi connectivity index (χ4v) is 0.887. The van der Waals surface area contributed by atoms with Gasteiger partial charge < -0.3 is 11.1 Å². The Labute approximate surface area is 88.2 Å². The third-order valence-electron chi connectivity index (χ3n) is 2.11. The third-order valence-corrected chi connectivity index (χ3v) is 2.11. The van der Waals surface area contributed by atoms with Gasteiger partial charge in [-0.1, -0.05) is 0 Å². The standard InChI is InChI=1S/C7H10F3N3O3/c1-6(11,7(8,9)10)5(15)12-3-2-16-13-4(3)14/h3H,2,11H2,1H3,(H,12,15)(H,13,14)/t3-,6?/m1/s1. The molecule has 0 aliphatic carbocycles. The van der Waals surface area contributed by atoms with E-state index < -0.39 is 29.6 Å². The molecule has 0 spiro atoms. The van der Waals surface area contributed by atoms with Crippen LogP contribution >= 0.6 is 0 Å². The Hall–Kier alpha value is -1.35. The summed E-state index contributed by atoms with van der Waals surface area (Å²) in [6.07, 6.45) is -4.90. The molecule has 2 amide bonds. The molecule has 1 aliphatic heterocycles. The molecule has 1 saturated heterocycles. The molecule has 16 heavy (non-hydrogen) atoms. The Morgan fingerprint density at radius 2 is 2.19 bits per heavy atom. The molecule has 1 unspecified atom stereocenters. The lowest BCUT2D eigenvalue weighted by molar-refractivity contribution is -0.187. The van der Waals surface area contributed by atoms with Crippen molar-refractivity contribution in [3.8, 4) is 0 Å². The van der Waals surface area contributed by atoms with Crippen LogP contribution in [0.2, 0.25) is 0 Å². The van der Waals surface area contributed by atoms with Crippen molar-refractivity contribution in [1.29, 1.82) is 0 Å². The molecule has 4 N–H and O–H groups in total. The molecule has 92 valence electrons. The van der Waals surface area contributed by atoms with Gasteiger partial charge in [0.25, 0.3) is 5.91 Å². The van der Waals surface area contributed by atoms with Crippen molar-refractivity contribution < 1.29 is 27.6 Å². The number of hydrogen-bond donors (Lipinski definition) is 3. The predicted molar refractivity (Wildman–Crippen MR) is 44.7 cm³/mol. The molecular weight excluding hydrogens is 231 g/mol. The Balaban J connectivity index is 2.68. The first kappa shape index (κ1) is 12.7. The number of rotatable bonds is 2. The zero-order valence-electron chi connectivity index (χ0n) is 8.22. The number of nitrogens with two attached hydrogens (primary N) is 1. The van der Waals surface area contributed by atoms with Gasteiger partial charge in [0.2, 0.25) is 5.91 Å². The molecule has 0 aromatic heterocycles. The molecule has 2 atom stereocenters. The maximum absolute atomic E-state index is 12.3. The van der Waals surface area contributed by atoms with Crippen LogP contribution in [-0.4, -0.2) is 36.2 Å². The highest BCUT2D eigenvalue weighted by Gasteiger charge is 2.54. The molecule has 1 heterocycles. The molecule has 1 aliphatic rings. The minimum Gasteiger partial charge on any atom is -0.340 e. The van der Waals surface area contributed by atoms with Crippen LogP contribution < -0.4 is 16.5 Å². The highest BCUT2D eigenvalue weighted by molar-refractivity contribution is 5.92. The Morgan fingerprint density at radius 3 is 2.56 bits per heavy atom. The molecule has 0 aromatic rings. The van der Waals surface area contributed by atoms with Crippen LogP contribution in [0.5, 0.6) is 0 Å². The lowest BCUT2D eigenvalue weighted by atomic mass is 10.0. The van der Waals surface area contributed by atoms with Gasteiger partial charge in [-0.25, -0.2) is 5.48 Å².